The van der Waals surface area contributed by atoms with Crippen LogP contribution in [0.3, 0.4) is 0 Å². The standard InChI is InChI=1S/C27H23NO2/c1-3-30-22-13-9-10-20(18-22)16-17-25(29)26-19(2)28-24-15-8-7-14-23(24)27(26)21-11-5-4-6-12-21/h4-18H,3H2,1-2H3/b17-16+. The van der Waals surface area contributed by atoms with E-state index in [9.17, 15) is 4.79 Å². The number of rotatable bonds is 6. The molecule has 1 aromatic heterocycles. The molecule has 0 saturated heterocycles. The van der Waals surface area contributed by atoms with Gasteiger partial charge in [0.15, 0.2) is 5.78 Å². The number of hydrogen-bond donors (Lipinski definition) is 0. The van der Waals surface area contributed by atoms with Gasteiger partial charge in [0.1, 0.15) is 5.75 Å². The molecule has 0 radical (unpaired) electrons. The van der Waals surface area contributed by atoms with Crippen molar-refractivity contribution in [2.24, 2.45) is 0 Å². The van der Waals surface area contributed by atoms with Crippen LogP contribution >= 0.6 is 0 Å². The zero-order valence-electron chi connectivity index (χ0n) is 17.1. The highest BCUT2D eigenvalue weighted by Gasteiger charge is 2.18. The summed E-state index contributed by atoms with van der Waals surface area (Å²) in [4.78, 5) is 18.0. The average Bonchev–Trinajstić information content (AvgIpc) is 2.77. The van der Waals surface area contributed by atoms with Gasteiger partial charge >= 0.3 is 0 Å². The third-order valence-electron chi connectivity index (χ3n) is 4.98. The molecule has 0 aliphatic carbocycles. The number of aryl methyl sites for hydroxylation is 1. The predicted molar refractivity (Wildman–Crippen MR) is 123 cm³/mol. The number of pyridine rings is 1. The summed E-state index contributed by atoms with van der Waals surface area (Å²) in [5, 5.41) is 0.976. The second-order valence-electron chi connectivity index (χ2n) is 7.03. The quantitative estimate of drug-likeness (QED) is 0.277. The van der Waals surface area contributed by atoms with Crippen LogP contribution in [-0.2, 0) is 0 Å². The highest BCUT2D eigenvalue weighted by molar-refractivity contribution is 6.16. The van der Waals surface area contributed by atoms with Crippen molar-refractivity contribution in [1.29, 1.82) is 0 Å². The van der Waals surface area contributed by atoms with E-state index in [1.165, 1.54) is 0 Å². The smallest absolute Gasteiger partial charge is 0.188 e. The Balaban J connectivity index is 1.81. The van der Waals surface area contributed by atoms with E-state index >= 15 is 0 Å². The van der Waals surface area contributed by atoms with Crippen LogP contribution in [0.5, 0.6) is 5.75 Å². The van der Waals surface area contributed by atoms with Gasteiger partial charge in [0.2, 0.25) is 0 Å². The molecule has 0 atom stereocenters. The average molecular weight is 393 g/mol. The molecule has 3 aromatic carbocycles. The molecule has 0 bridgehead atoms. The van der Waals surface area contributed by atoms with Crippen molar-refractivity contribution in [1.82, 2.24) is 4.98 Å². The monoisotopic (exact) mass is 393 g/mol. The first-order valence-electron chi connectivity index (χ1n) is 10.1. The Kier molecular flexibility index (Phi) is 5.71. The second kappa shape index (κ2) is 8.75. The van der Waals surface area contributed by atoms with E-state index in [0.717, 1.165) is 39.0 Å². The molecule has 148 valence electrons. The normalized spacial score (nSPS) is 11.1. The van der Waals surface area contributed by atoms with Crippen LogP contribution in [-0.4, -0.2) is 17.4 Å². The maximum Gasteiger partial charge on any atom is 0.188 e. The Morgan fingerprint density at radius 3 is 2.53 bits per heavy atom. The maximum atomic E-state index is 13.3. The van der Waals surface area contributed by atoms with Crippen LogP contribution in [0.1, 0.15) is 28.5 Å². The lowest BCUT2D eigenvalue weighted by molar-refractivity contribution is 0.104. The molecule has 1 heterocycles. The van der Waals surface area contributed by atoms with Gasteiger partial charge in [-0.1, -0.05) is 66.7 Å². The molecular weight excluding hydrogens is 370 g/mol. The molecule has 0 unspecified atom stereocenters. The number of para-hydroxylation sites is 1. The number of ketones is 1. The van der Waals surface area contributed by atoms with E-state index < -0.39 is 0 Å². The van der Waals surface area contributed by atoms with Gasteiger partial charge in [-0.25, -0.2) is 0 Å². The molecular formula is C27H23NO2. The summed E-state index contributed by atoms with van der Waals surface area (Å²) in [5.74, 6) is 0.729. The van der Waals surface area contributed by atoms with E-state index in [-0.39, 0.29) is 5.78 Å². The van der Waals surface area contributed by atoms with Crippen molar-refractivity contribution in [2.75, 3.05) is 6.61 Å². The van der Waals surface area contributed by atoms with Gasteiger partial charge in [0.25, 0.3) is 0 Å². The van der Waals surface area contributed by atoms with Crippen molar-refractivity contribution >= 4 is 22.8 Å². The molecule has 3 heteroatoms. The number of ether oxygens (including phenoxy) is 1. The minimum atomic E-state index is -0.0635. The molecule has 3 nitrogen and oxygen atoms in total. The Hall–Kier alpha value is -3.72. The lowest BCUT2D eigenvalue weighted by atomic mass is 9.92. The number of carbonyl (C=O) groups is 1. The summed E-state index contributed by atoms with van der Waals surface area (Å²) in [6.45, 7) is 4.46. The zero-order chi connectivity index (χ0) is 20.9. The van der Waals surface area contributed by atoms with Gasteiger partial charge in [0.05, 0.1) is 17.7 Å². The first-order valence-corrected chi connectivity index (χ1v) is 10.1. The summed E-state index contributed by atoms with van der Waals surface area (Å²) in [6.07, 6.45) is 3.45. The lowest BCUT2D eigenvalue weighted by Gasteiger charge is -2.14. The number of fused-ring (bicyclic) bond motifs is 1. The SMILES string of the molecule is CCOc1cccc(/C=C/C(=O)c2c(C)nc3ccccc3c2-c2ccccc2)c1. The van der Waals surface area contributed by atoms with Crippen molar-refractivity contribution in [3.63, 3.8) is 0 Å². The largest absolute Gasteiger partial charge is 0.494 e. The Bertz CT molecular complexity index is 1230. The number of aromatic nitrogens is 1. The number of nitrogens with zero attached hydrogens (tertiary/aromatic N) is 1. The van der Waals surface area contributed by atoms with Gasteiger partial charge in [-0.2, -0.15) is 0 Å². The third kappa shape index (κ3) is 4.01. The molecule has 0 aliphatic rings. The van der Waals surface area contributed by atoms with Crippen molar-refractivity contribution in [3.05, 3.63) is 102 Å². The molecule has 4 rings (SSSR count). The Morgan fingerprint density at radius 1 is 0.967 bits per heavy atom. The van der Waals surface area contributed by atoms with Crippen LogP contribution in [0.2, 0.25) is 0 Å². The summed E-state index contributed by atoms with van der Waals surface area (Å²) in [6, 6.07) is 25.7. The minimum absolute atomic E-state index is 0.0635. The number of carbonyl (C=O) groups excluding carboxylic acids is 1. The van der Waals surface area contributed by atoms with E-state index in [1.54, 1.807) is 6.08 Å². The Labute approximate surface area is 176 Å². The van der Waals surface area contributed by atoms with Gasteiger partial charge in [-0.3, -0.25) is 9.78 Å². The molecule has 4 aromatic rings. The molecule has 0 fully saturated rings. The topological polar surface area (TPSA) is 39.2 Å². The van der Waals surface area contributed by atoms with E-state index in [1.807, 2.05) is 98.8 Å². The van der Waals surface area contributed by atoms with Crippen LogP contribution in [0.15, 0.2) is 84.9 Å². The van der Waals surface area contributed by atoms with Crippen LogP contribution in [0.25, 0.3) is 28.1 Å². The third-order valence-corrected chi connectivity index (χ3v) is 4.98. The molecule has 0 saturated carbocycles. The first kappa shape index (κ1) is 19.6. The second-order valence-corrected chi connectivity index (χ2v) is 7.03. The van der Waals surface area contributed by atoms with Crippen molar-refractivity contribution in [3.8, 4) is 16.9 Å². The first-order chi connectivity index (χ1) is 14.7. The fourth-order valence-corrected chi connectivity index (χ4v) is 3.67. The van der Waals surface area contributed by atoms with Crippen LogP contribution in [0.4, 0.5) is 0 Å². The lowest BCUT2D eigenvalue weighted by Crippen LogP contribution is -2.05. The molecule has 0 amide bonds. The van der Waals surface area contributed by atoms with Crippen LogP contribution in [0, 0.1) is 6.92 Å². The molecule has 0 aliphatic heterocycles. The van der Waals surface area contributed by atoms with Crippen LogP contribution < -0.4 is 4.74 Å². The van der Waals surface area contributed by atoms with Crippen molar-refractivity contribution < 1.29 is 9.53 Å². The van der Waals surface area contributed by atoms with Gasteiger partial charge < -0.3 is 4.74 Å². The summed E-state index contributed by atoms with van der Waals surface area (Å²) < 4.78 is 5.55. The molecule has 0 spiro atoms. The predicted octanol–water partition coefficient (Wildman–Crippen LogP) is 6.51. The van der Waals surface area contributed by atoms with Gasteiger partial charge in [0, 0.05) is 16.6 Å². The molecule has 30 heavy (non-hydrogen) atoms. The highest BCUT2D eigenvalue weighted by Crippen LogP contribution is 2.33. The summed E-state index contributed by atoms with van der Waals surface area (Å²) in [5.41, 5.74) is 5.11. The Morgan fingerprint density at radius 2 is 1.73 bits per heavy atom. The molecule has 0 N–H and O–H groups in total. The van der Waals surface area contributed by atoms with E-state index in [2.05, 4.69) is 0 Å². The number of benzene rings is 3. The number of hydrogen-bond acceptors (Lipinski definition) is 3. The van der Waals surface area contributed by atoms with Crippen molar-refractivity contribution in [2.45, 2.75) is 13.8 Å². The summed E-state index contributed by atoms with van der Waals surface area (Å²) in [7, 11) is 0. The van der Waals surface area contributed by atoms with Gasteiger partial charge in [-0.05, 0) is 49.2 Å². The van der Waals surface area contributed by atoms with Gasteiger partial charge in [-0.15, -0.1) is 0 Å². The maximum absolute atomic E-state index is 13.3. The van der Waals surface area contributed by atoms with E-state index in [4.69, 9.17) is 9.72 Å². The minimum Gasteiger partial charge on any atom is -0.494 e. The number of allylic oxidation sites excluding steroid dienone is 1. The zero-order valence-corrected chi connectivity index (χ0v) is 17.1. The fraction of sp³-hybridized carbons (Fsp3) is 0.111. The fourth-order valence-electron chi connectivity index (χ4n) is 3.67. The summed E-state index contributed by atoms with van der Waals surface area (Å²) >= 11 is 0. The highest BCUT2D eigenvalue weighted by atomic mass is 16.5. The van der Waals surface area contributed by atoms with E-state index in [0.29, 0.717) is 12.2 Å².